The second-order valence-corrected chi connectivity index (χ2v) is 9.52. The number of carbonyl (C=O) groups is 1. The van der Waals surface area contributed by atoms with E-state index in [4.69, 9.17) is 0 Å². The summed E-state index contributed by atoms with van der Waals surface area (Å²) in [4.78, 5) is 28.5. The fourth-order valence-corrected chi connectivity index (χ4v) is 5.41. The number of carbonyl (C=O) groups excluding carboxylic acids is 1. The van der Waals surface area contributed by atoms with Gasteiger partial charge in [-0.1, -0.05) is 42.1 Å². The lowest BCUT2D eigenvalue weighted by molar-refractivity contribution is -0.126. The van der Waals surface area contributed by atoms with Crippen LogP contribution >= 0.6 is 11.8 Å². The van der Waals surface area contributed by atoms with Crippen molar-refractivity contribution in [1.29, 1.82) is 0 Å². The summed E-state index contributed by atoms with van der Waals surface area (Å²) in [6, 6.07) is 13.5. The van der Waals surface area contributed by atoms with Crippen molar-refractivity contribution in [1.82, 2.24) is 24.1 Å². The van der Waals surface area contributed by atoms with Crippen LogP contribution in [0.2, 0.25) is 0 Å². The molecule has 0 radical (unpaired) electrons. The van der Waals surface area contributed by atoms with Crippen molar-refractivity contribution in [2.75, 3.05) is 12.3 Å². The Balaban J connectivity index is 1.61. The van der Waals surface area contributed by atoms with Gasteiger partial charge in [0, 0.05) is 12.2 Å². The van der Waals surface area contributed by atoms with Crippen LogP contribution in [-0.2, 0) is 4.79 Å². The molecule has 1 amide bonds. The van der Waals surface area contributed by atoms with E-state index in [1.807, 2.05) is 72.5 Å². The number of rotatable bonds is 6. The molecular weight excluding hydrogens is 446 g/mol. The van der Waals surface area contributed by atoms with Gasteiger partial charge in [-0.3, -0.25) is 14.0 Å². The van der Waals surface area contributed by atoms with E-state index >= 15 is 0 Å². The topological polar surface area (TPSA) is 72.5 Å². The first-order valence-corrected chi connectivity index (χ1v) is 12.6. The molecule has 7 nitrogen and oxygen atoms in total. The molecule has 0 saturated carbocycles. The van der Waals surface area contributed by atoms with E-state index < -0.39 is 0 Å². The molecule has 1 aliphatic rings. The molecule has 4 aromatic rings. The van der Waals surface area contributed by atoms with Crippen molar-refractivity contribution < 1.29 is 4.79 Å². The molecule has 34 heavy (non-hydrogen) atoms. The lowest BCUT2D eigenvalue weighted by Gasteiger charge is -2.22. The molecule has 174 valence electrons. The normalized spacial score (nSPS) is 13.6. The lowest BCUT2D eigenvalue weighted by Crippen LogP contribution is -2.31. The Hall–Kier alpha value is -3.39. The van der Waals surface area contributed by atoms with Crippen molar-refractivity contribution in [2.24, 2.45) is 0 Å². The number of nitrogens with zero attached hydrogens (tertiary/aromatic N) is 5. The predicted molar refractivity (Wildman–Crippen MR) is 136 cm³/mol. The maximum Gasteiger partial charge on any atom is 0.267 e. The average molecular weight is 474 g/mol. The van der Waals surface area contributed by atoms with Crippen LogP contribution in [-0.4, -0.2) is 42.3 Å². The van der Waals surface area contributed by atoms with Gasteiger partial charge in [0.05, 0.1) is 22.3 Å². The number of fused-ring (bicyclic) bond motifs is 3. The third-order valence-corrected chi connectivity index (χ3v) is 7.22. The number of benzene rings is 2. The molecule has 5 rings (SSSR count). The van der Waals surface area contributed by atoms with E-state index in [-0.39, 0.29) is 17.2 Å². The van der Waals surface area contributed by atoms with Gasteiger partial charge in [0.1, 0.15) is 0 Å². The van der Waals surface area contributed by atoms with Gasteiger partial charge in [-0.15, -0.1) is 10.2 Å². The molecule has 1 aliphatic carbocycles. The number of hydrogen-bond acceptors (Lipinski definition) is 5. The van der Waals surface area contributed by atoms with Crippen molar-refractivity contribution in [3.05, 3.63) is 75.7 Å². The van der Waals surface area contributed by atoms with Gasteiger partial charge in [-0.2, -0.15) is 0 Å². The summed E-state index contributed by atoms with van der Waals surface area (Å²) in [6.45, 7) is 6.64. The molecule has 2 aromatic carbocycles. The maximum atomic E-state index is 13.6. The highest BCUT2D eigenvalue weighted by atomic mass is 32.2. The highest BCUT2D eigenvalue weighted by molar-refractivity contribution is 7.99. The van der Waals surface area contributed by atoms with Crippen LogP contribution in [0.5, 0.6) is 0 Å². The quantitative estimate of drug-likeness (QED) is 0.381. The summed E-state index contributed by atoms with van der Waals surface area (Å²) in [6.07, 6.45) is 5.24. The van der Waals surface area contributed by atoms with Crippen LogP contribution < -0.4 is 5.56 Å². The first kappa shape index (κ1) is 22.4. The Labute approximate surface area is 202 Å². The zero-order chi connectivity index (χ0) is 23.8. The van der Waals surface area contributed by atoms with Crippen molar-refractivity contribution >= 4 is 34.3 Å². The molecule has 0 saturated heterocycles. The molecule has 0 spiro atoms. The molecule has 2 heterocycles. The van der Waals surface area contributed by atoms with Crippen LogP contribution in [0, 0.1) is 13.8 Å². The Morgan fingerprint density at radius 2 is 1.97 bits per heavy atom. The summed E-state index contributed by atoms with van der Waals surface area (Å²) in [5.74, 6) is 0.755. The Kier molecular flexibility index (Phi) is 6.00. The van der Waals surface area contributed by atoms with Crippen molar-refractivity contribution in [3.8, 4) is 5.69 Å². The third-order valence-electron chi connectivity index (χ3n) is 6.31. The number of thioether (sulfide) groups is 1. The van der Waals surface area contributed by atoms with Crippen LogP contribution in [0.15, 0.2) is 64.2 Å². The second kappa shape index (κ2) is 9.10. The fraction of sp³-hybridized carbons (Fsp3) is 0.308. The zero-order valence-corrected chi connectivity index (χ0v) is 20.4. The number of para-hydroxylation sites is 1. The maximum absolute atomic E-state index is 13.6. The first-order chi connectivity index (χ1) is 16.5. The Morgan fingerprint density at radius 1 is 1.15 bits per heavy atom. The molecule has 0 N–H and O–H groups in total. The van der Waals surface area contributed by atoms with E-state index in [0.717, 1.165) is 47.3 Å². The number of hydrogen-bond donors (Lipinski definition) is 0. The van der Waals surface area contributed by atoms with Gasteiger partial charge in [0.2, 0.25) is 11.7 Å². The molecular formula is C26H27N5O2S. The highest BCUT2D eigenvalue weighted by Crippen LogP contribution is 2.26. The third kappa shape index (κ3) is 3.81. The molecule has 0 unspecified atom stereocenters. The van der Waals surface area contributed by atoms with E-state index in [0.29, 0.717) is 22.9 Å². The number of aromatic nitrogens is 4. The monoisotopic (exact) mass is 473 g/mol. The fourth-order valence-electron chi connectivity index (χ4n) is 4.59. The molecule has 8 heteroatoms. The SMILES string of the molecule is CCN(C(=O)CSc1nnc2n(-c3cc(C)ccc3C)c(=O)c3ccccc3n12)C1=CCCC1. The Bertz CT molecular complexity index is 1500. The molecule has 0 bridgehead atoms. The molecule has 0 fully saturated rings. The van der Waals surface area contributed by atoms with Crippen LogP contribution in [0.25, 0.3) is 22.4 Å². The minimum atomic E-state index is -0.137. The smallest absolute Gasteiger partial charge is 0.267 e. The zero-order valence-electron chi connectivity index (χ0n) is 19.6. The van der Waals surface area contributed by atoms with Crippen molar-refractivity contribution in [3.63, 3.8) is 0 Å². The van der Waals surface area contributed by atoms with Gasteiger partial charge in [-0.05, 0) is 69.4 Å². The minimum Gasteiger partial charge on any atom is -0.316 e. The summed E-state index contributed by atoms with van der Waals surface area (Å²) in [5, 5.41) is 10.00. The van der Waals surface area contributed by atoms with Crippen LogP contribution in [0.4, 0.5) is 0 Å². The van der Waals surface area contributed by atoms with Crippen LogP contribution in [0.3, 0.4) is 0 Å². The highest BCUT2D eigenvalue weighted by Gasteiger charge is 2.22. The first-order valence-electron chi connectivity index (χ1n) is 11.6. The Morgan fingerprint density at radius 3 is 2.74 bits per heavy atom. The number of allylic oxidation sites excluding steroid dienone is 2. The van der Waals surface area contributed by atoms with E-state index in [9.17, 15) is 9.59 Å². The molecule has 0 aliphatic heterocycles. The summed E-state index contributed by atoms with van der Waals surface area (Å²) in [7, 11) is 0. The largest absolute Gasteiger partial charge is 0.316 e. The summed E-state index contributed by atoms with van der Waals surface area (Å²) < 4.78 is 3.52. The summed E-state index contributed by atoms with van der Waals surface area (Å²) >= 11 is 1.35. The minimum absolute atomic E-state index is 0.0598. The molecule has 0 atom stereocenters. The van der Waals surface area contributed by atoms with Gasteiger partial charge in [-0.25, -0.2) is 4.57 Å². The average Bonchev–Trinajstić information content (AvgIpc) is 3.51. The van der Waals surface area contributed by atoms with Gasteiger partial charge >= 0.3 is 0 Å². The standard InChI is InChI=1S/C26H27N5O2S/c1-4-29(19-9-5-6-10-19)23(32)16-34-26-28-27-25-30(22-15-17(2)13-14-18(22)3)24(33)20-11-7-8-12-21(20)31(25)26/h7-9,11-15H,4-6,10,16H2,1-3H3. The lowest BCUT2D eigenvalue weighted by atomic mass is 10.1. The van der Waals surface area contributed by atoms with E-state index in [1.165, 1.54) is 11.8 Å². The van der Waals surface area contributed by atoms with Gasteiger partial charge in [0.25, 0.3) is 5.56 Å². The summed E-state index contributed by atoms with van der Waals surface area (Å²) in [5.41, 5.74) is 4.52. The number of aryl methyl sites for hydroxylation is 2. The molecule has 2 aromatic heterocycles. The van der Waals surface area contributed by atoms with E-state index in [1.54, 1.807) is 4.57 Å². The van der Waals surface area contributed by atoms with Crippen LogP contribution in [0.1, 0.15) is 37.3 Å². The van der Waals surface area contributed by atoms with Gasteiger partial charge < -0.3 is 4.90 Å². The van der Waals surface area contributed by atoms with Gasteiger partial charge in [0.15, 0.2) is 5.16 Å². The predicted octanol–water partition coefficient (Wildman–Crippen LogP) is 4.66. The second-order valence-electron chi connectivity index (χ2n) is 8.58. The number of amides is 1. The van der Waals surface area contributed by atoms with E-state index in [2.05, 4.69) is 16.3 Å². The van der Waals surface area contributed by atoms with Crippen molar-refractivity contribution in [2.45, 2.75) is 45.2 Å².